The molecule has 0 aliphatic carbocycles. The van der Waals surface area contributed by atoms with Crippen molar-refractivity contribution in [3.8, 4) is 11.5 Å². The minimum absolute atomic E-state index is 0.00476. The third-order valence-electron chi connectivity index (χ3n) is 3.21. The monoisotopic (exact) mass is 288 g/mol. The number of fused-ring (bicyclic) bond motifs is 1. The zero-order chi connectivity index (χ0) is 14.2. The first-order valence-electron chi connectivity index (χ1n) is 6.56. The van der Waals surface area contributed by atoms with Gasteiger partial charge >= 0.3 is 0 Å². The predicted octanol–water partition coefficient (Wildman–Crippen LogP) is 3.72. The molecule has 0 bridgehead atoms. The van der Waals surface area contributed by atoms with Gasteiger partial charge in [0, 0.05) is 12.0 Å². The highest BCUT2D eigenvalue weighted by Gasteiger charge is 2.32. The van der Waals surface area contributed by atoms with E-state index in [0.717, 1.165) is 22.6 Å². The Morgan fingerprint density at radius 3 is 2.95 bits per heavy atom. The first-order chi connectivity index (χ1) is 9.55. The first-order valence-corrected chi connectivity index (χ1v) is 7.43. The van der Waals surface area contributed by atoms with Gasteiger partial charge in [-0.1, -0.05) is 18.2 Å². The van der Waals surface area contributed by atoms with Crippen LogP contribution < -0.4 is 9.47 Å². The molecule has 0 N–H and O–H groups in total. The minimum atomic E-state index is -0.209. The van der Waals surface area contributed by atoms with Gasteiger partial charge in [-0.25, -0.2) is 0 Å². The second-order valence-corrected chi connectivity index (χ2v) is 6.42. The predicted molar refractivity (Wildman–Crippen MR) is 79.0 cm³/mol. The van der Waals surface area contributed by atoms with Crippen LogP contribution in [0.2, 0.25) is 0 Å². The summed E-state index contributed by atoms with van der Waals surface area (Å²) in [5, 5.41) is 1.89. The van der Waals surface area contributed by atoms with Crippen LogP contribution in [0.4, 0.5) is 0 Å². The lowest BCUT2D eigenvalue weighted by molar-refractivity contribution is 0.0916. The third-order valence-corrected chi connectivity index (χ3v) is 4.12. The second-order valence-electron chi connectivity index (χ2n) is 5.47. The Bertz CT molecular complexity index is 629. The van der Waals surface area contributed by atoms with Crippen molar-refractivity contribution in [1.29, 1.82) is 0 Å². The summed E-state index contributed by atoms with van der Waals surface area (Å²) in [6, 6.07) is 9.50. The van der Waals surface area contributed by atoms with Gasteiger partial charge < -0.3 is 9.47 Å². The van der Waals surface area contributed by atoms with E-state index in [1.807, 2.05) is 49.6 Å². The average Bonchev–Trinajstić information content (AvgIpc) is 3.01. The fourth-order valence-electron chi connectivity index (χ4n) is 2.35. The highest BCUT2D eigenvalue weighted by molar-refractivity contribution is 7.12. The molecule has 1 aromatic carbocycles. The molecule has 0 saturated heterocycles. The second kappa shape index (κ2) is 4.94. The SMILES string of the molecule is CC1(C)Cc2cccc(OCC(=O)c3cccs3)c2O1. The Labute approximate surface area is 122 Å². The van der Waals surface area contributed by atoms with Gasteiger partial charge in [-0.2, -0.15) is 0 Å². The van der Waals surface area contributed by atoms with E-state index in [4.69, 9.17) is 9.47 Å². The lowest BCUT2D eigenvalue weighted by atomic mass is 10.0. The standard InChI is InChI=1S/C16H16O3S/c1-16(2)9-11-5-3-6-13(15(11)19-16)18-10-12(17)14-7-4-8-20-14/h3-8H,9-10H2,1-2H3. The van der Waals surface area contributed by atoms with Crippen molar-refractivity contribution in [3.63, 3.8) is 0 Å². The van der Waals surface area contributed by atoms with E-state index in [1.165, 1.54) is 11.3 Å². The molecular formula is C16H16O3S. The van der Waals surface area contributed by atoms with Gasteiger partial charge in [0.1, 0.15) is 5.60 Å². The van der Waals surface area contributed by atoms with Crippen molar-refractivity contribution in [1.82, 2.24) is 0 Å². The van der Waals surface area contributed by atoms with E-state index >= 15 is 0 Å². The molecule has 0 spiro atoms. The normalized spacial score (nSPS) is 15.5. The molecular weight excluding hydrogens is 272 g/mol. The van der Waals surface area contributed by atoms with Gasteiger partial charge in [0.05, 0.1) is 4.88 Å². The third kappa shape index (κ3) is 2.56. The summed E-state index contributed by atoms with van der Waals surface area (Å²) in [4.78, 5) is 12.7. The highest BCUT2D eigenvalue weighted by Crippen LogP contribution is 2.41. The number of para-hydroxylation sites is 1. The summed E-state index contributed by atoms with van der Waals surface area (Å²) in [7, 11) is 0. The van der Waals surface area contributed by atoms with Gasteiger partial charge in [-0.05, 0) is 31.4 Å². The zero-order valence-electron chi connectivity index (χ0n) is 11.5. The number of benzene rings is 1. The number of carbonyl (C=O) groups excluding carboxylic acids is 1. The smallest absolute Gasteiger partial charge is 0.210 e. The number of ether oxygens (including phenoxy) is 2. The lowest BCUT2D eigenvalue weighted by Gasteiger charge is -2.18. The van der Waals surface area contributed by atoms with Crippen molar-refractivity contribution < 1.29 is 14.3 Å². The molecule has 0 radical (unpaired) electrons. The maximum Gasteiger partial charge on any atom is 0.210 e. The van der Waals surface area contributed by atoms with Crippen LogP contribution in [-0.2, 0) is 6.42 Å². The fraction of sp³-hybridized carbons (Fsp3) is 0.312. The molecule has 20 heavy (non-hydrogen) atoms. The molecule has 104 valence electrons. The van der Waals surface area contributed by atoms with E-state index in [2.05, 4.69) is 0 Å². The molecule has 2 heterocycles. The minimum Gasteiger partial charge on any atom is -0.483 e. The summed E-state index contributed by atoms with van der Waals surface area (Å²) >= 11 is 1.43. The molecule has 0 atom stereocenters. The molecule has 3 nitrogen and oxygen atoms in total. The van der Waals surface area contributed by atoms with Crippen LogP contribution in [0.5, 0.6) is 11.5 Å². The summed E-state index contributed by atoms with van der Waals surface area (Å²) in [5.41, 5.74) is 0.926. The van der Waals surface area contributed by atoms with Gasteiger partial charge in [0.15, 0.2) is 18.1 Å². The Hall–Kier alpha value is -1.81. The Morgan fingerprint density at radius 2 is 2.20 bits per heavy atom. The van der Waals surface area contributed by atoms with E-state index in [1.54, 1.807) is 0 Å². The van der Waals surface area contributed by atoms with E-state index < -0.39 is 0 Å². The summed E-state index contributed by atoms with van der Waals surface area (Å²) < 4.78 is 11.6. The van der Waals surface area contributed by atoms with E-state index in [9.17, 15) is 4.79 Å². The summed E-state index contributed by atoms with van der Waals surface area (Å²) in [6.07, 6.45) is 0.860. The van der Waals surface area contributed by atoms with E-state index in [-0.39, 0.29) is 18.0 Å². The first kappa shape index (κ1) is 13.2. The number of Topliss-reactive ketones (excluding diaryl/α,β-unsaturated/α-hetero) is 1. The maximum atomic E-state index is 12.0. The van der Waals surface area contributed by atoms with Gasteiger partial charge in [0.2, 0.25) is 5.78 Å². The van der Waals surface area contributed by atoms with E-state index in [0.29, 0.717) is 5.75 Å². The zero-order valence-corrected chi connectivity index (χ0v) is 12.3. The van der Waals surface area contributed by atoms with Crippen molar-refractivity contribution in [2.24, 2.45) is 0 Å². The van der Waals surface area contributed by atoms with Gasteiger partial charge in [-0.15, -0.1) is 11.3 Å². The van der Waals surface area contributed by atoms with Crippen molar-refractivity contribution in [2.75, 3.05) is 6.61 Å². The molecule has 0 amide bonds. The Balaban J connectivity index is 1.74. The topological polar surface area (TPSA) is 35.5 Å². The molecule has 1 aliphatic heterocycles. The Morgan fingerprint density at radius 1 is 1.35 bits per heavy atom. The number of hydrogen-bond donors (Lipinski definition) is 0. The van der Waals surface area contributed by atoms with Crippen molar-refractivity contribution >= 4 is 17.1 Å². The van der Waals surface area contributed by atoms with Crippen LogP contribution in [0.3, 0.4) is 0 Å². The molecule has 3 rings (SSSR count). The number of ketones is 1. The summed E-state index contributed by atoms with van der Waals surface area (Å²) in [5.74, 6) is 1.42. The molecule has 1 aromatic heterocycles. The molecule has 0 saturated carbocycles. The number of carbonyl (C=O) groups is 1. The molecule has 0 unspecified atom stereocenters. The largest absolute Gasteiger partial charge is 0.483 e. The summed E-state index contributed by atoms with van der Waals surface area (Å²) in [6.45, 7) is 4.14. The number of rotatable bonds is 4. The van der Waals surface area contributed by atoms with Crippen LogP contribution in [0.25, 0.3) is 0 Å². The van der Waals surface area contributed by atoms with Gasteiger partial charge in [0.25, 0.3) is 0 Å². The van der Waals surface area contributed by atoms with Crippen LogP contribution in [0.1, 0.15) is 29.1 Å². The van der Waals surface area contributed by atoms with Gasteiger partial charge in [-0.3, -0.25) is 4.79 Å². The average molecular weight is 288 g/mol. The molecule has 4 heteroatoms. The molecule has 0 fully saturated rings. The number of hydrogen-bond acceptors (Lipinski definition) is 4. The highest BCUT2D eigenvalue weighted by atomic mass is 32.1. The van der Waals surface area contributed by atoms with Crippen LogP contribution in [-0.4, -0.2) is 18.0 Å². The van der Waals surface area contributed by atoms with Crippen molar-refractivity contribution in [2.45, 2.75) is 25.9 Å². The Kier molecular flexibility index (Phi) is 3.26. The van der Waals surface area contributed by atoms with Crippen molar-refractivity contribution in [3.05, 3.63) is 46.2 Å². The molecule has 2 aromatic rings. The van der Waals surface area contributed by atoms with Crippen LogP contribution in [0, 0.1) is 0 Å². The van der Waals surface area contributed by atoms with Crippen LogP contribution in [0.15, 0.2) is 35.7 Å². The number of thiophene rings is 1. The maximum absolute atomic E-state index is 12.0. The molecule has 1 aliphatic rings. The lowest BCUT2D eigenvalue weighted by Crippen LogP contribution is -2.24. The quantitative estimate of drug-likeness (QED) is 0.804. The van der Waals surface area contributed by atoms with Crippen LogP contribution >= 0.6 is 11.3 Å². The fourth-order valence-corrected chi connectivity index (χ4v) is 3.00.